The number of hydrogen-bond donors (Lipinski definition) is 0. The van der Waals surface area contributed by atoms with Gasteiger partial charge in [0, 0.05) is 19.3 Å². The van der Waals surface area contributed by atoms with E-state index in [0.29, 0.717) is 19.3 Å². The second kappa shape index (κ2) is 47.5. The van der Waals surface area contributed by atoms with E-state index in [2.05, 4.69) is 93.7 Å². The highest BCUT2D eigenvalue weighted by Crippen LogP contribution is 2.14. The number of ether oxygens (including phenoxy) is 3. The van der Waals surface area contributed by atoms with Crippen LogP contribution in [-0.2, 0) is 28.6 Å². The first kappa shape index (κ1) is 55.9. The highest BCUT2D eigenvalue weighted by Gasteiger charge is 2.19. The van der Waals surface area contributed by atoms with Gasteiger partial charge in [0.2, 0.25) is 0 Å². The number of carbonyl (C=O) groups excluding carboxylic acids is 3. The maximum Gasteiger partial charge on any atom is 0.306 e. The van der Waals surface area contributed by atoms with Crippen LogP contribution < -0.4 is 0 Å². The van der Waals surface area contributed by atoms with Gasteiger partial charge in [0.05, 0.1) is 0 Å². The Hall–Kier alpha value is -3.15. The molecule has 6 nitrogen and oxygen atoms in total. The lowest BCUT2D eigenvalue weighted by Gasteiger charge is -2.18. The molecule has 0 rings (SSSR count). The first-order valence-corrected chi connectivity index (χ1v) is 24.5. The summed E-state index contributed by atoms with van der Waals surface area (Å²) in [4.78, 5) is 37.9. The van der Waals surface area contributed by atoms with E-state index < -0.39 is 6.10 Å². The number of esters is 3. The molecule has 59 heavy (non-hydrogen) atoms. The molecule has 338 valence electrons. The number of allylic oxidation sites excluding steroid dienone is 12. The smallest absolute Gasteiger partial charge is 0.306 e. The summed E-state index contributed by atoms with van der Waals surface area (Å²) in [6.07, 6.45) is 58.8. The molecule has 0 heterocycles. The van der Waals surface area contributed by atoms with Crippen molar-refractivity contribution in [3.05, 3.63) is 72.9 Å². The van der Waals surface area contributed by atoms with Crippen LogP contribution in [0.15, 0.2) is 72.9 Å². The zero-order valence-corrected chi connectivity index (χ0v) is 38.5. The Morgan fingerprint density at radius 2 is 0.746 bits per heavy atom. The lowest BCUT2D eigenvalue weighted by molar-refractivity contribution is -0.167. The molecule has 0 spiro atoms. The standard InChI is InChI=1S/C53H90O6/c1-4-7-10-13-16-19-22-25-28-31-34-37-40-43-46-52(55)58-49-50(48-57-51(54)45-42-39-36-33-30-27-24-21-18-15-12-9-6-3)59-53(56)47-44-41-38-35-32-29-26-23-20-17-14-11-8-5-2/h7,9-10,12,15-16,18-19,21,24,29,32,50H,4-6,8,11,13-14,17,20,22-23,25-28,30-31,33-49H2,1-3H3/b10-7+,12-9+,18-15+,19-16+,24-21+,32-29+. The highest BCUT2D eigenvalue weighted by molar-refractivity contribution is 5.71. The molecule has 0 bridgehead atoms. The van der Waals surface area contributed by atoms with Gasteiger partial charge in [-0.25, -0.2) is 0 Å². The van der Waals surface area contributed by atoms with E-state index in [1.165, 1.54) is 70.6 Å². The molecule has 0 amide bonds. The maximum absolute atomic E-state index is 12.8. The van der Waals surface area contributed by atoms with Gasteiger partial charge >= 0.3 is 17.9 Å². The molecule has 0 saturated heterocycles. The van der Waals surface area contributed by atoms with Gasteiger partial charge in [-0.1, -0.05) is 190 Å². The molecule has 0 N–H and O–H groups in total. The first-order valence-electron chi connectivity index (χ1n) is 24.5. The van der Waals surface area contributed by atoms with Crippen molar-refractivity contribution in [3.8, 4) is 0 Å². The van der Waals surface area contributed by atoms with E-state index in [1.807, 2.05) is 0 Å². The fourth-order valence-electron chi connectivity index (χ4n) is 6.59. The lowest BCUT2D eigenvalue weighted by Crippen LogP contribution is -2.30. The van der Waals surface area contributed by atoms with E-state index >= 15 is 0 Å². The van der Waals surface area contributed by atoms with E-state index in [-0.39, 0.29) is 31.1 Å². The van der Waals surface area contributed by atoms with Crippen LogP contribution in [0, 0.1) is 0 Å². The Balaban J connectivity index is 4.44. The van der Waals surface area contributed by atoms with Crippen molar-refractivity contribution in [1.82, 2.24) is 0 Å². The molecule has 0 aromatic carbocycles. The predicted octanol–water partition coefficient (Wildman–Crippen LogP) is 15.9. The molecule has 1 unspecified atom stereocenters. The Morgan fingerprint density at radius 3 is 1.24 bits per heavy atom. The zero-order valence-electron chi connectivity index (χ0n) is 38.5. The monoisotopic (exact) mass is 823 g/mol. The van der Waals surface area contributed by atoms with Gasteiger partial charge in [-0.2, -0.15) is 0 Å². The van der Waals surface area contributed by atoms with Crippen LogP contribution in [0.1, 0.15) is 226 Å². The van der Waals surface area contributed by atoms with Crippen LogP contribution in [0.25, 0.3) is 0 Å². The average molecular weight is 823 g/mol. The van der Waals surface area contributed by atoms with Gasteiger partial charge in [0.25, 0.3) is 0 Å². The summed E-state index contributed by atoms with van der Waals surface area (Å²) in [5.41, 5.74) is 0. The number of rotatable bonds is 43. The summed E-state index contributed by atoms with van der Waals surface area (Å²) in [5.74, 6) is -0.939. The van der Waals surface area contributed by atoms with Crippen molar-refractivity contribution in [2.45, 2.75) is 232 Å². The number of hydrogen-bond acceptors (Lipinski definition) is 6. The molecule has 6 heteroatoms. The predicted molar refractivity (Wildman–Crippen MR) is 251 cm³/mol. The molecule has 0 fully saturated rings. The second-order valence-electron chi connectivity index (χ2n) is 16.0. The topological polar surface area (TPSA) is 78.9 Å². The average Bonchev–Trinajstić information content (AvgIpc) is 3.23. The second-order valence-corrected chi connectivity index (χ2v) is 16.0. The minimum Gasteiger partial charge on any atom is -0.462 e. The SMILES string of the molecule is CC/C=C/C=C/C=C/CCCCCCCC(=O)OCC(COC(=O)CCCCCCCCC/C=C/C/C=C/CC)OC(=O)CCCCC/C=C/CCCCCCCCC. The quantitative estimate of drug-likeness (QED) is 0.0200. The molecule has 0 aliphatic rings. The van der Waals surface area contributed by atoms with Gasteiger partial charge in [0.15, 0.2) is 6.10 Å². The fraction of sp³-hybridized carbons (Fsp3) is 0.717. The minimum absolute atomic E-state index is 0.0929. The Kier molecular flexibility index (Phi) is 45.0. The molecule has 1 atom stereocenters. The summed E-state index contributed by atoms with van der Waals surface area (Å²) >= 11 is 0. The Morgan fingerprint density at radius 1 is 0.373 bits per heavy atom. The first-order chi connectivity index (χ1) is 29.0. The van der Waals surface area contributed by atoms with E-state index in [1.54, 1.807) is 0 Å². The normalized spacial score (nSPS) is 12.7. The third-order valence-corrected chi connectivity index (χ3v) is 10.2. The molecule has 0 aliphatic carbocycles. The van der Waals surface area contributed by atoms with Crippen LogP contribution in [0.4, 0.5) is 0 Å². The van der Waals surface area contributed by atoms with Crippen LogP contribution >= 0.6 is 0 Å². The molecule has 0 saturated carbocycles. The third-order valence-electron chi connectivity index (χ3n) is 10.2. The zero-order chi connectivity index (χ0) is 43.0. The van der Waals surface area contributed by atoms with Crippen LogP contribution in [0.2, 0.25) is 0 Å². The molecule has 0 radical (unpaired) electrons. The fourth-order valence-corrected chi connectivity index (χ4v) is 6.59. The number of unbranched alkanes of at least 4 members (excludes halogenated alkanes) is 22. The van der Waals surface area contributed by atoms with Crippen molar-refractivity contribution in [2.24, 2.45) is 0 Å². The maximum atomic E-state index is 12.8. The lowest BCUT2D eigenvalue weighted by atomic mass is 10.1. The summed E-state index contributed by atoms with van der Waals surface area (Å²) < 4.78 is 16.7. The summed E-state index contributed by atoms with van der Waals surface area (Å²) in [7, 11) is 0. The highest BCUT2D eigenvalue weighted by atomic mass is 16.6. The largest absolute Gasteiger partial charge is 0.462 e. The van der Waals surface area contributed by atoms with Gasteiger partial charge in [-0.15, -0.1) is 0 Å². The third kappa shape index (κ3) is 45.8. The van der Waals surface area contributed by atoms with Crippen LogP contribution in [0.5, 0.6) is 0 Å². The summed E-state index contributed by atoms with van der Waals surface area (Å²) in [6.45, 7) is 6.35. The van der Waals surface area contributed by atoms with Crippen molar-refractivity contribution in [3.63, 3.8) is 0 Å². The van der Waals surface area contributed by atoms with E-state index in [0.717, 1.165) is 116 Å². The van der Waals surface area contributed by atoms with Gasteiger partial charge in [-0.3, -0.25) is 14.4 Å². The van der Waals surface area contributed by atoms with Gasteiger partial charge < -0.3 is 14.2 Å². The molecule has 0 aromatic heterocycles. The van der Waals surface area contributed by atoms with Crippen molar-refractivity contribution >= 4 is 17.9 Å². The van der Waals surface area contributed by atoms with Crippen LogP contribution in [0.3, 0.4) is 0 Å². The molecular weight excluding hydrogens is 733 g/mol. The van der Waals surface area contributed by atoms with E-state index in [4.69, 9.17) is 14.2 Å². The van der Waals surface area contributed by atoms with E-state index in [9.17, 15) is 14.4 Å². The van der Waals surface area contributed by atoms with Gasteiger partial charge in [0.1, 0.15) is 13.2 Å². The summed E-state index contributed by atoms with van der Waals surface area (Å²) in [5, 5.41) is 0. The minimum atomic E-state index is -0.793. The number of carbonyl (C=O) groups is 3. The molecule has 0 aliphatic heterocycles. The Bertz CT molecular complexity index is 1130. The Labute approximate surface area is 363 Å². The van der Waals surface area contributed by atoms with Crippen molar-refractivity contribution < 1.29 is 28.6 Å². The van der Waals surface area contributed by atoms with Crippen molar-refractivity contribution in [2.75, 3.05) is 13.2 Å². The van der Waals surface area contributed by atoms with Crippen LogP contribution in [-0.4, -0.2) is 37.2 Å². The van der Waals surface area contributed by atoms with Crippen molar-refractivity contribution in [1.29, 1.82) is 0 Å². The molecular formula is C53H90O6. The molecule has 0 aromatic rings. The van der Waals surface area contributed by atoms with Gasteiger partial charge in [-0.05, 0) is 89.9 Å². The summed E-state index contributed by atoms with van der Waals surface area (Å²) in [6, 6.07) is 0.